The second-order valence-electron chi connectivity index (χ2n) is 8.37. The summed E-state index contributed by atoms with van der Waals surface area (Å²) in [7, 11) is -4.22. The van der Waals surface area contributed by atoms with Crippen LogP contribution in [0.5, 0.6) is 0 Å². The fraction of sp³-hybridized carbons (Fsp3) is 0.125. The first-order chi connectivity index (χ1) is 18.2. The van der Waals surface area contributed by atoms with Crippen LogP contribution in [0.1, 0.15) is 43.4 Å². The number of nitrogens with two attached hydrogens (primary N) is 2. The third kappa shape index (κ3) is 5.56. The highest BCUT2D eigenvalue weighted by molar-refractivity contribution is 7.89. The molecule has 0 aliphatic carbocycles. The number of hydrogen-bond donors (Lipinski definition) is 3. The lowest BCUT2D eigenvalue weighted by molar-refractivity contribution is -0.140. The Bertz CT molecular complexity index is 1790. The zero-order valence-electron chi connectivity index (χ0n) is 19.9. The normalized spacial score (nSPS) is 11.8. The van der Waals surface area contributed by atoms with Crippen molar-refractivity contribution in [2.75, 3.05) is 5.32 Å². The summed E-state index contributed by atoms with van der Waals surface area (Å²) in [6, 6.07) is 12.3. The summed E-state index contributed by atoms with van der Waals surface area (Å²) in [5.74, 6) is -2.13. The van der Waals surface area contributed by atoms with E-state index in [-0.39, 0.29) is 39.3 Å². The number of aromatic nitrogens is 3. The Morgan fingerprint density at radius 1 is 1.13 bits per heavy atom. The number of benzene rings is 2. The third-order valence-electron chi connectivity index (χ3n) is 5.73. The Morgan fingerprint density at radius 2 is 1.79 bits per heavy atom. The minimum Gasteiger partial charge on any atom is -0.364 e. The van der Waals surface area contributed by atoms with Gasteiger partial charge < -0.3 is 11.1 Å². The number of pyridine rings is 1. The van der Waals surface area contributed by atoms with Crippen molar-refractivity contribution >= 4 is 38.4 Å². The lowest BCUT2D eigenvalue weighted by atomic mass is 10.1. The van der Waals surface area contributed by atoms with Gasteiger partial charge in [-0.25, -0.2) is 18.5 Å². The molecule has 2 heterocycles. The van der Waals surface area contributed by atoms with Crippen LogP contribution in [-0.4, -0.2) is 35.0 Å². The van der Waals surface area contributed by atoms with Crippen LogP contribution in [0.15, 0.2) is 53.4 Å². The number of carbonyl (C=O) groups excluding carboxylic acids is 2. The lowest BCUT2D eigenvalue weighted by Gasteiger charge is -2.12. The number of halogens is 3. The minimum atomic E-state index is -4.96. The summed E-state index contributed by atoms with van der Waals surface area (Å²) in [5.41, 5.74) is 3.39. The van der Waals surface area contributed by atoms with E-state index in [1.165, 1.54) is 25.1 Å². The van der Waals surface area contributed by atoms with E-state index in [0.29, 0.717) is 11.1 Å². The standard InChI is InChI=1S/C24H18F3N7O4S/c1-12-20(21(24(25,26)27)33-34(12)11-14-4-2-13(10-28)3-5-14)32-23(36)17-9-19(22(29)35)31-18-7-6-15(8-16(17)18)39(30,37)38/h2-9H,11H2,1H3,(H2,29,35)(H,32,36)(H2,30,37,38). The molecular weight excluding hydrogens is 539 g/mol. The Balaban J connectivity index is 1.81. The number of hydrogen-bond acceptors (Lipinski definition) is 7. The predicted molar refractivity (Wildman–Crippen MR) is 132 cm³/mol. The molecule has 0 saturated carbocycles. The van der Waals surface area contributed by atoms with Crippen molar-refractivity contribution in [3.63, 3.8) is 0 Å². The molecule has 15 heteroatoms. The van der Waals surface area contributed by atoms with E-state index < -0.39 is 39.4 Å². The SMILES string of the molecule is Cc1c(NC(=O)c2cc(C(N)=O)nc3ccc(S(N)(=O)=O)cc23)c(C(F)(F)F)nn1Cc1ccc(C#N)cc1. The van der Waals surface area contributed by atoms with Crippen molar-refractivity contribution in [1.29, 1.82) is 5.26 Å². The highest BCUT2D eigenvalue weighted by atomic mass is 32.2. The van der Waals surface area contributed by atoms with Gasteiger partial charge in [-0.2, -0.15) is 23.5 Å². The molecule has 0 atom stereocenters. The number of anilines is 1. The van der Waals surface area contributed by atoms with Gasteiger partial charge in [0.1, 0.15) is 5.69 Å². The van der Waals surface area contributed by atoms with Crippen molar-refractivity contribution in [2.45, 2.75) is 24.5 Å². The van der Waals surface area contributed by atoms with Gasteiger partial charge in [0.15, 0.2) is 5.69 Å². The summed E-state index contributed by atoms with van der Waals surface area (Å²) in [4.78, 5) is 28.7. The van der Waals surface area contributed by atoms with Crippen LogP contribution in [0, 0.1) is 18.3 Å². The molecule has 200 valence electrons. The molecule has 0 fully saturated rings. The van der Waals surface area contributed by atoms with E-state index >= 15 is 0 Å². The fourth-order valence-corrected chi connectivity index (χ4v) is 4.32. The average Bonchev–Trinajstić information content (AvgIpc) is 3.17. The monoisotopic (exact) mass is 557 g/mol. The highest BCUT2D eigenvalue weighted by Crippen LogP contribution is 2.36. The molecule has 5 N–H and O–H groups in total. The summed E-state index contributed by atoms with van der Waals surface area (Å²) >= 11 is 0. The first-order valence-corrected chi connectivity index (χ1v) is 12.5. The van der Waals surface area contributed by atoms with Crippen LogP contribution in [0.25, 0.3) is 10.9 Å². The molecular formula is C24H18F3N7O4S. The maximum Gasteiger partial charge on any atom is 0.437 e. The molecule has 0 radical (unpaired) electrons. The number of nitrogens with one attached hydrogen (secondary N) is 1. The molecule has 11 nitrogen and oxygen atoms in total. The quantitative estimate of drug-likeness (QED) is 0.325. The van der Waals surface area contributed by atoms with E-state index in [9.17, 15) is 31.2 Å². The van der Waals surface area contributed by atoms with E-state index in [1.807, 2.05) is 6.07 Å². The minimum absolute atomic E-state index is 0.0203. The van der Waals surface area contributed by atoms with Crippen molar-refractivity contribution in [3.8, 4) is 6.07 Å². The van der Waals surface area contributed by atoms with E-state index in [4.69, 9.17) is 16.1 Å². The molecule has 2 aromatic heterocycles. The molecule has 0 bridgehead atoms. The first-order valence-electron chi connectivity index (χ1n) is 10.9. The Labute approximate surface area is 218 Å². The van der Waals surface area contributed by atoms with Gasteiger partial charge in [-0.3, -0.25) is 14.3 Å². The molecule has 0 aliphatic heterocycles. The van der Waals surface area contributed by atoms with Gasteiger partial charge in [0, 0.05) is 5.39 Å². The smallest absolute Gasteiger partial charge is 0.364 e. The summed E-state index contributed by atoms with van der Waals surface area (Å²) in [5, 5.41) is 19.9. The number of nitrogens with zero attached hydrogens (tertiary/aromatic N) is 4. The molecule has 4 aromatic rings. The fourth-order valence-electron chi connectivity index (χ4n) is 3.78. The predicted octanol–water partition coefficient (Wildman–Crippen LogP) is 2.68. The topological polar surface area (TPSA) is 187 Å². The molecule has 2 aromatic carbocycles. The lowest BCUT2D eigenvalue weighted by Crippen LogP contribution is -2.20. The zero-order chi connectivity index (χ0) is 28.7. The number of fused-ring (bicyclic) bond motifs is 1. The van der Waals surface area contributed by atoms with E-state index in [2.05, 4.69) is 15.4 Å². The second kappa shape index (κ2) is 9.82. The number of primary sulfonamides is 1. The van der Waals surface area contributed by atoms with Gasteiger partial charge >= 0.3 is 6.18 Å². The summed E-state index contributed by atoms with van der Waals surface area (Å²) in [6.45, 7) is 1.22. The van der Waals surface area contributed by atoms with Crippen molar-refractivity contribution in [2.24, 2.45) is 10.9 Å². The number of primary amides is 1. The number of amides is 2. The Kier molecular flexibility index (Phi) is 6.85. The van der Waals surface area contributed by atoms with E-state index in [0.717, 1.165) is 22.9 Å². The molecule has 2 amide bonds. The van der Waals surface area contributed by atoms with Gasteiger partial charge in [0.05, 0.1) is 45.5 Å². The van der Waals surface area contributed by atoms with Crippen LogP contribution < -0.4 is 16.2 Å². The number of carbonyl (C=O) groups is 2. The van der Waals surface area contributed by atoms with Crippen LogP contribution in [0.3, 0.4) is 0 Å². The molecule has 39 heavy (non-hydrogen) atoms. The van der Waals surface area contributed by atoms with Crippen LogP contribution >= 0.6 is 0 Å². The second-order valence-corrected chi connectivity index (χ2v) is 9.93. The van der Waals surface area contributed by atoms with Gasteiger partial charge in [-0.1, -0.05) is 12.1 Å². The third-order valence-corrected chi connectivity index (χ3v) is 6.65. The van der Waals surface area contributed by atoms with Crippen LogP contribution in [0.2, 0.25) is 0 Å². The van der Waals surface area contributed by atoms with Crippen molar-refractivity contribution < 1.29 is 31.2 Å². The molecule has 0 spiro atoms. The number of sulfonamides is 1. The van der Waals surface area contributed by atoms with Gasteiger partial charge in [0.2, 0.25) is 10.0 Å². The highest BCUT2D eigenvalue weighted by Gasteiger charge is 2.39. The van der Waals surface area contributed by atoms with Gasteiger partial charge in [-0.15, -0.1) is 0 Å². The van der Waals surface area contributed by atoms with Gasteiger partial charge in [-0.05, 0) is 48.9 Å². The number of alkyl halides is 3. The number of nitriles is 1. The summed E-state index contributed by atoms with van der Waals surface area (Å²) in [6.07, 6.45) is -4.96. The van der Waals surface area contributed by atoms with Crippen LogP contribution in [0.4, 0.5) is 18.9 Å². The van der Waals surface area contributed by atoms with Gasteiger partial charge in [0.25, 0.3) is 11.8 Å². The summed E-state index contributed by atoms with van der Waals surface area (Å²) < 4.78 is 66.5. The number of rotatable bonds is 6. The Hall–Kier alpha value is -4.81. The zero-order valence-corrected chi connectivity index (χ0v) is 20.8. The van der Waals surface area contributed by atoms with Crippen molar-refractivity contribution in [3.05, 3.63) is 82.3 Å². The maximum atomic E-state index is 13.9. The molecule has 0 saturated heterocycles. The average molecular weight is 558 g/mol. The maximum absolute atomic E-state index is 13.9. The molecule has 0 unspecified atom stereocenters. The first kappa shape index (κ1) is 27.2. The Morgan fingerprint density at radius 3 is 2.36 bits per heavy atom. The van der Waals surface area contributed by atoms with E-state index in [1.54, 1.807) is 12.1 Å². The largest absolute Gasteiger partial charge is 0.437 e. The molecule has 0 aliphatic rings. The van der Waals surface area contributed by atoms with Crippen LogP contribution in [-0.2, 0) is 22.7 Å². The molecule has 4 rings (SSSR count). The van der Waals surface area contributed by atoms with Crippen molar-refractivity contribution in [1.82, 2.24) is 14.8 Å².